The highest BCUT2D eigenvalue weighted by Gasteiger charge is 2.23. The fourth-order valence-corrected chi connectivity index (χ4v) is 0.839. The third kappa shape index (κ3) is 3.19. The van der Waals surface area contributed by atoms with Crippen LogP contribution in [0.1, 0.15) is 26.5 Å². The van der Waals surface area contributed by atoms with Gasteiger partial charge in [-0.25, -0.2) is 4.98 Å². The van der Waals surface area contributed by atoms with Crippen LogP contribution < -0.4 is 5.73 Å². The zero-order chi connectivity index (χ0) is 11.5. The lowest BCUT2D eigenvalue weighted by Crippen LogP contribution is -2.23. The van der Waals surface area contributed by atoms with Crippen LogP contribution in [-0.2, 0) is 16.1 Å². The van der Waals surface area contributed by atoms with Gasteiger partial charge in [0.15, 0.2) is 0 Å². The summed E-state index contributed by atoms with van der Waals surface area (Å²) in [7, 11) is 0. The molecule has 2 N–H and O–H groups in total. The summed E-state index contributed by atoms with van der Waals surface area (Å²) in [6.07, 6.45) is 3.00. The van der Waals surface area contributed by atoms with Gasteiger partial charge in [-0.3, -0.25) is 9.78 Å². The predicted molar refractivity (Wildman–Crippen MR) is 55.7 cm³/mol. The van der Waals surface area contributed by atoms with E-state index in [1.807, 2.05) is 0 Å². The smallest absolute Gasteiger partial charge is 0.311 e. The first-order valence-electron chi connectivity index (χ1n) is 4.64. The van der Waals surface area contributed by atoms with Crippen LogP contribution in [0.3, 0.4) is 0 Å². The highest BCUT2D eigenvalue weighted by molar-refractivity contribution is 5.75. The summed E-state index contributed by atoms with van der Waals surface area (Å²) in [5.41, 5.74) is 5.52. The molecule has 0 spiro atoms. The van der Waals surface area contributed by atoms with Gasteiger partial charge in [0.05, 0.1) is 5.41 Å². The molecule has 5 nitrogen and oxygen atoms in total. The lowest BCUT2D eigenvalue weighted by Gasteiger charge is -2.16. The summed E-state index contributed by atoms with van der Waals surface area (Å²) in [5.74, 6) is 0.00626. The van der Waals surface area contributed by atoms with E-state index in [1.165, 1.54) is 12.4 Å². The molecule has 5 heteroatoms. The van der Waals surface area contributed by atoms with Crippen LogP contribution in [0.25, 0.3) is 0 Å². The van der Waals surface area contributed by atoms with Crippen molar-refractivity contribution in [3.8, 4) is 0 Å². The number of ether oxygens (including phenoxy) is 1. The van der Waals surface area contributed by atoms with Crippen molar-refractivity contribution >= 4 is 11.8 Å². The van der Waals surface area contributed by atoms with Crippen LogP contribution in [-0.4, -0.2) is 15.9 Å². The Balaban J connectivity index is 2.59. The minimum absolute atomic E-state index is 0.0653. The van der Waals surface area contributed by atoms with E-state index < -0.39 is 5.41 Å². The summed E-state index contributed by atoms with van der Waals surface area (Å²) in [6, 6.07) is 0. The van der Waals surface area contributed by atoms with Crippen LogP contribution in [0.2, 0.25) is 0 Å². The molecule has 1 aromatic rings. The van der Waals surface area contributed by atoms with E-state index in [0.29, 0.717) is 11.5 Å². The Morgan fingerprint density at radius 3 is 2.53 bits per heavy atom. The number of anilines is 1. The lowest BCUT2D eigenvalue weighted by molar-refractivity contribution is -0.154. The molecule has 0 aliphatic carbocycles. The number of aromatic nitrogens is 2. The number of esters is 1. The van der Waals surface area contributed by atoms with Crippen LogP contribution in [0.4, 0.5) is 5.82 Å². The highest BCUT2D eigenvalue weighted by atomic mass is 16.5. The number of carbonyl (C=O) groups is 1. The Morgan fingerprint density at radius 2 is 2.00 bits per heavy atom. The number of carbonyl (C=O) groups excluding carboxylic acids is 1. The molecule has 0 aliphatic rings. The monoisotopic (exact) mass is 209 g/mol. The number of hydrogen-bond donors (Lipinski definition) is 1. The third-order valence-corrected chi connectivity index (χ3v) is 1.76. The fourth-order valence-electron chi connectivity index (χ4n) is 0.839. The fraction of sp³-hybridized carbons (Fsp3) is 0.500. The van der Waals surface area contributed by atoms with Crippen molar-refractivity contribution in [2.45, 2.75) is 27.4 Å². The molecule has 0 aromatic carbocycles. The molecule has 0 amide bonds. The summed E-state index contributed by atoms with van der Waals surface area (Å²) in [6.45, 7) is 5.43. The quantitative estimate of drug-likeness (QED) is 0.739. The van der Waals surface area contributed by atoms with Crippen molar-refractivity contribution < 1.29 is 9.53 Å². The van der Waals surface area contributed by atoms with Gasteiger partial charge in [0.2, 0.25) is 0 Å². The Morgan fingerprint density at radius 1 is 1.40 bits per heavy atom. The van der Waals surface area contributed by atoms with Gasteiger partial charge in [-0.1, -0.05) is 0 Å². The molecule has 0 atom stereocenters. The lowest BCUT2D eigenvalue weighted by atomic mass is 9.97. The van der Waals surface area contributed by atoms with Gasteiger partial charge in [-0.2, -0.15) is 0 Å². The predicted octanol–water partition coefficient (Wildman–Crippen LogP) is 1.15. The van der Waals surface area contributed by atoms with E-state index >= 15 is 0 Å². The summed E-state index contributed by atoms with van der Waals surface area (Å²) in [5, 5.41) is 0. The number of rotatable bonds is 2. The third-order valence-electron chi connectivity index (χ3n) is 1.76. The van der Waals surface area contributed by atoms with Gasteiger partial charge in [0.1, 0.15) is 18.1 Å². The molecule has 1 aromatic heterocycles. The normalized spacial score (nSPS) is 11.1. The van der Waals surface area contributed by atoms with Gasteiger partial charge in [-0.05, 0) is 20.8 Å². The van der Waals surface area contributed by atoms with E-state index in [0.717, 1.165) is 0 Å². The average Bonchev–Trinajstić information content (AvgIpc) is 2.14. The molecule has 82 valence electrons. The van der Waals surface area contributed by atoms with Gasteiger partial charge in [0.25, 0.3) is 0 Å². The Bertz CT molecular complexity index is 358. The first-order valence-corrected chi connectivity index (χ1v) is 4.64. The summed E-state index contributed by atoms with van der Waals surface area (Å²) in [4.78, 5) is 19.2. The molecule has 0 aliphatic heterocycles. The van der Waals surface area contributed by atoms with Crippen LogP contribution in [0, 0.1) is 5.41 Å². The van der Waals surface area contributed by atoms with E-state index in [1.54, 1.807) is 20.8 Å². The number of hydrogen-bond acceptors (Lipinski definition) is 5. The molecule has 0 saturated heterocycles. The van der Waals surface area contributed by atoms with Crippen molar-refractivity contribution in [2.24, 2.45) is 5.41 Å². The van der Waals surface area contributed by atoms with Gasteiger partial charge >= 0.3 is 5.97 Å². The Labute approximate surface area is 88.7 Å². The summed E-state index contributed by atoms with van der Waals surface area (Å²) < 4.78 is 5.05. The molecule has 0 saturated carbocycles. The highest BCUT2D eigenvalue weighted by Crippen LogP contribution is 2.16. The Kier molecular flexibility index (Phi) is 3.24. The maximum Gasteiger partial charge on any atom is 0.311 e. The van der Waals surface area contributed by atoms with E-state index in [9.17, 15) is 4.79 Å². The average molecular weight is 209 g/mol. The van der Waals surface area contributed by atoms with Crippen LogP contribution in [0.5, 0.6) is 0 Å². The zero-order valence-corrected chi connectivity index (χ0v) is 9.15. The molecule has 15 heavy (non-hydrogen) atoms. The van der Waals surface area contributed by atoms with E-state index in [4.69, 9.17) is 10.5 Å². The molecule has 0 bridgehead atoms. The van der Waals surface area contributed by atoms with Crippen molar-refractivity contribution in [3.63, 3.8) is 0 Å². The second-order valence-corrected chi connectivity index (χ2v) is 4.21. The van der Waals surface area contributed by atoms with Gasteiger partial charge < -0.3 is 10.5 Å². The molecule has 0 radical (unpaired) electrons. The van der Waals surface area contributed by atoms with Crippen molar-refractivity contribution in [3.05, 3.63) is 18.1 Å². The molecule has 1 heterocycles. The second-order valence-electron chi connectivity index (χ2n) is 4.21. The molecular formula is C10H15N3O2. The Hall–Kier alpha value is -1.65. The standard InChI is InChI=1S/C10H15N3O2/c1-10(2,3)9(14)15-6-7-8(11)13-5-4-12-7/h4-5H,6H2,1-3H3,(H2,11,13). The van der Waals surface area contributed by atoms with Gasteiger partial charge in [-0.15, -0.1) is 0 Å². The van der Waals surface area contributed by atoms with Crippen molar-refractivity contribution in [1.29, 1.82) is 0 Å². The number of nitrogens with zero attached hydrogens (tertiary/aromatic N) is 2. The van der Waals surface area contributed by atoms with Gasteiger partial charge in [0, 0.05) is 12.4 Å². The molecule has 1 rings (SSSR count). The first-order chi connectivity index (χ1) is 6.91. The maximum absolute atomic E-state index is 11.4. The van der Waals surface area contributed by atoms with E-state index in [2.05, 4.69) is 9.97 Å². The first kappa shape index (κ1) is 11.4. The second kappa shape index (κ2) is 4.25. The summed E-state index contributed by atoms with van der Waals surface area (Å²) >= 11 is 0. The number of nitrogens with two attached hydrogens (primary N) is 1. The topological polar surface area (TPSA) is 78.1 Å². The minimum Gasteiger partial charge on any atom is -0.459 e. The van der Waals surface area contributed by atoms with Crippen molar-refractivity contribution in [1.82, 2.24) is 9.97 Å². The van der Waals surface area contributed by atoms with Crippen molar-refractivity contribution in [2.75, 3.05) is 5.73 Å². The van der Waals surface area contributed by atoms with Crippen LogP contribution in [0.15, 0.2) is 12.4 Å². The largest absolute Gasteiger partial charge is 0.459 e. The SMILES string of the molecule is CC(C)(C)C(=O)OCc1nccnc1N. The maximum atomic E-state index is 11.4. The molecular weight excluding hydrogens is 194 g/mol. The zero-order valence-electron chi connectivity index (χ0n) is 9.15. The molecule has 0 unspecified atom stereocenters. The molecule has 0 fully saturated rings. The van der Waals surface area contributed by atoms with E-state index in [-0.39, 0.29) is 12.6 Å². The number of nitrogen functional groups attached to an aromatic ring is 1. The van der Waals surface area contributed by atoms with Crippen LogP contribution >= 0.6 is 0 Å². The minimum atomic E-state index is -0.517.